The first-order chi connectivity index (χ1) is 9.56. The number of anilines is 1. The van der Waals surface area contributed by atoms with Gasteiger partial charge in [0.1, 0.15) is 0 Å². The Labute approximate surface area is 124 Å². The van der Waals surface area contributed by atoms with Crippen LogP contribution in [-0.2, 0) is 0 Å². The minimum Gasteiger partial charge on any atom is -0.381 e. The lowest BCUT2D eigenvalue weighted by atomic mass is 9.79. The summed E-state index contributed by atoms with van der Waals surface area (Å²) in [7, 11) is 0. The van der Waals surface area contributed by atoms with Crippen LogP contribution < -0.4 is 5.32 Å². The third-order valence-electron chi connectivity index (χ3n) is 4.12. The van der Waals surface area contributed by atoms with Gasteiger partial charge in [-0.05, 0) is 36.8 Å². The van der Waals surface area contributed by atoms with Crippen molar-refractivity contribution in [1.82, 2.24) is 0 Å². The van der Waals surface area contributed by atoms with Crippen LogP contribution in [0.4, 0.5) is 14.5 Å². The van der Waals surface area contributed by atoms with Gasteiger partial charge in [0.25, 0.3) is 5.76 Å². The van der Waals surface area contributed by atoms with Crippen LogP contribution in [0.15, 0.2) is 29.2 Å². The fourth-order valence-corrected chi connectivity index (χ4v) is 3.57. The van der Waals surface area contributed by atoms with E-state index in [9.17, 15) is 8.78 Å². The van der Waals surface area contributed by atoms with Crippen LogP contribution in [0, 0.1) is 11.8 Å². The van der Waals surface area contributed by atoms with Crippen LogP contribution in [0.25, 0.3) is 0 Å². The maximum atomic E-state index is 12.6. The lowest BCUT2D eigenvalue weighted by Gasteiger charge is -2.33. The van der Waals surface area contributed by atoms with E-state index < -0.39 is 5.76 Å². The van der Waals surface area contributed by atoms with Gasteiger partial charge in [0.05, 0.1) is 0 Å². The number of thioether (sulfide) groups is 1. The van der Waals surface area contributed by atoms with Gasteiger partial charge < -0.3 is 5.32 Å². The molecule has 1 saturated carbocycles. The first-order valence-electron chi connectivity index (χ1n) is 7.36. The van der Waals surface area contributed by atoms with E-state index in [1.54, 1.807) is 6.07 Å². The second-order valence-corrected chi connectivity index (χ2v) is 6.92. The molecule has 0 aliphatic heterocycles. The number of alkyl halides is 2. The summed E-state index contributed by atoms with van der Waals surface area (Å²) in [6, 6.07) is 7.80. The maximum absolute atomic E-state index is 12.6. The van der Waals surface area contributed by atoms with Crippen LogP contribution in [0.2, 0.25) is 0 Å². The molecule has 112 valence electrons. The van der Waals surface area contributed by atoms with Crippen molar-refractivity contribution in [2.75, 3.05) is 5.32 Å². The van der Waals surface area contributed by atoms with Crippen LogP contribution in [0.3, 0.4) is 0 Å². The molecular weight excluding hydrogens is 276 g/mol. The molecular formula is C16H23F2NS. The lowest BCUT2D eigenvalue weighted by Crippen LogP contribution is -2.29. The van der Waals surface area contributed by atoms with E-state index in [1.807, 2.05) is 18.2 Å². The van der Waals surface area contributed by atoms with Crippen molar-refractivity contribution < 1.29 is 8.78 Å². The first kappa shape index (κ1) is 15.6. The summed E-state index contributed by atoms with van der Waals surface area (Å²) in [5.41, 5.74) is 0.854. The van der Waals surface area contributed by atoms with Gasteiger partial charge in [-0.2, -0.15) is 8.78 Å². The Morgan fingerprint density at radius 1 is 1.20 bits per heavy atom. The molecule has 0 bridgehead atoms. The fraction of sp³-hybridized carbons (Fsp3) is 0.625. The average Bonchev–Trinajstić information content (AvgIpc) is 2.41. The Morgan fingerprint density at radius 2 is 1.95 bits per heavy atom. The Kier molecular flexibility index (Phi) is 5.70. The number of hydrogen-bond donors (Lipinski definition) is 1. The van der Waals surface area contributed by atoms with Gasteiger partial charge >= 0.3 is 0 Å². The monoisotopic (exact) mass is 299 g/mol. The number of benzene rings is 1. The zero-order chi connectivity index (χ0) is 14.5. The molecule has 1 aliphatic carbocycles. The smallest absolute Gasteiger partial charge is 0.288 e. The molecule has 0 saturated heterocycles. The van der Waals surface area contributed by atoms with Crippen molar-refractivity contribution in [3.63, 3.8) is 0 Å². The quantitative estimate of drug-likeness (QED) is 0.707. The number of para-hydroxylation sites is 1. The summed E-state index contributed by atoms with van der Waals surface area (Å²) >= 11 is 0.625. The molecule has 0 aromatic heterocycles. The Balaban J connectivity index is 2.02. The summed E-state index contributed by atoms with van der Waals surface area (Å²) in [5.74, 6) is -0.922. The van der Waals surface area contributed by atoms with E-state index in [0.29, 0.717) is 28.6 Å². The van der Waals surface area contributed by atoms with Gasteiger partial charge in [-0.3, -0.25) is 0 Å². The standard InChI is InChI=1S/C16H23F2NS/c1-11(2)12-6-5-7-13(10-12)19-14-8-3-4-9-15(14)20-16(17)18/h3-4,8-9,11-13,16,19H,5-7,10H2,1-2H3. The molecule has 2 unspecified atom stereocenters. The third-order valence-corrected chi connectivity index (χ3v) is 4.91. The van der Waals surface area contributed by atoms with Crippen molar-refractivity contribution in [3.8, 4) is 0 Å². The Bertz CT molecular complexity index is 423. The number of nitrogens with one attached hydrogen (secondary N) is 1. The molecule has 2 atom stereocenters. The molecule has 1 aromatic rings. The van der Waals surface area contributed by atoms with Gasteiger partial charge in [0.2, 0.25) is 0 Å². The van der Waals surface area contributed by atoms with Crippen LogP contribution in [0.5, 0.6) is 0 Å². The topological polar surface area (TPSA) is 12.0 Å². The van der Waals surface area contributed by atoms with Gasteiger partial charge in [0.15, 0.2) is 0 Å². The highest BCUT2D eigenvalue weighted by molar-refractivity contribution is 7.99. The van der Waals surface area contributed by atoms with Crippen molar-refractivity contribution in [2.45, 2.75) is 56.2 Å². The lowest BCUT2D eigenvalue weighted by molar-refractivity contribution is 0.252. The minimum atomic E-state index is -2.37. The largest absolute Gasteiger partial charge is 0.381 e. The zero-order valence-corrected chi connectivity index (χ0v) is 12.9. The molecule has 1 aromatic carbocycles. The molecule has 0 heterocycles. The van der Waals surface area contributed by atoms with Gasteiger partial charge in [-0.15, -0.1) is 0 Å². The van der Waals surface area contributed by atoms with E-state index in [2.05, 4.69) is 19.2 Å². The van der Waals surface area contributed by atoms with Crippen LogP contribution in [-0.4, -0.2) is 11.8 Å². The predicted octanol–water partition coefficient (Wildman–Crippen LogP) is 5.63. The molecule has 1 aliphatic rings. The van der Waals surface area contributed by atoms with Crippen molar-refractivity contribution in [3.05, 3.63) is 24.3 Å². The SMILES string of the molecule is CC(C)C1CCCC(Nc2ccccc2SC(F)F)C1. The van der Waals surface area contributed by atoms with E-state index in [1.165, 1.54) is 12.8 Å². The maximum Gasteiger partial charge on any atom is 0.288 e. The second kappa shape index (κ2) is 7.30. The van der Waals surface area contributed by atoms with Crippen LogP contribution in [0.1, 0.15) is 39.5 Å². The molecule has 0 amide bonds. The number of hydrogen-bond acceptors (Lipinski definition) is 2. The number of halogens is 2. The average molecular weight is 299 g/mol. The molecule has 1 nitrogen and oxygen atoms in total. The molecule has 2 rings (SSSR count). The second-order valence-electron chi connectivity index (χ2n) is 5.89. The summed E-state index contributed by atoms with van der Waals surface area (Å²) in [6.07, 6.45) is 4.80. The summed E-state index contributed by atoms with van der Waals surface area (Å²) in [5, 5.41) is 3.49. The van der Waals surface area contributed by atoms with E-state index in [0.717, 1.165) is 24.4 Å². The highest BCUT2D eigenvalue weighted by atomic mass is 32.2. The molecule has 1 N–H and O–H groups in total. The Hall–Kier alpha value is -0.770. The summed E-state index contributed by atoms with van der Waals surface area (Å²) in [4.78, 5) is 0.647. The third kappa shape index (κ3) is 4.37. The summed E-state index contributed by atoms with van der Waals surface area (Å²) < 4.78 is 25.2. The van der Waals surface area contributed by atoms with Crippen molar-refractivity contribution in [1.29, 1.82) is 0 Å². The zero-order valence-electron chi connectivity index (χ0n) is 12.1. The molecule has 0 spiro atoms. The van der Waals surface area contributed by atoms with Gasteiger partial charge in [-0.1, -0.05) is 50.6 Å². The minimum absolute atomic E-state index is 0.413. The van der Waals surface area contributed by atoms with E-state index >= 15 is 0 Å². The van der Waals surface area contributed by atoms with Gasteiger partial charge in [0, 0.05) is 16.6 Å². The summed E-state index contributed by atoms with van der Waals surface area (Å²) in [6.45, 7) is 4.54. The molecule has 0 radical (unpaired) electrons. The van der Waals surface area contributed by atoms with E-state index in [-0.39, 0.29) is 0 Å². The van der Waals surface area contributed by atoms with Crippen LogP contribution >= 0.6 is 11.8 Å². The number of rotatable bonds is 5. The first-order valence-corrected chi connectivity index (χ1v) is 8.24. The van der Waals surface area contributed by atoms with Gasteiger partial charge in [-0.25, -0.2) is 0 Å². The molecule has 1 fully saturated rings. The highest BCUT2D eigenvalue weighted by Crippen LogP contribution is 2.35. The van der Waals surface area contributed by atoms with Crippen molar-refractivity contribution in [2.24, 2.45) is 11.8 Å². The van der Waals surface area contributed by atoms with E-state index in [4.69, 9.17) is 0 Å². The normalized spacial score (nSPS) is 23.3. The van der Waals surface area contributed by atoms with Crippen molar-refractivity contribution >= 4 is 17.4 Å². The fourth-order valence-electron chi connectivity index (χ4n) is 2.97. The highest BCUT2D eigenvalue weighted by Gasteiger charge is 2.24. The predicted molar refractivity (Wildman–Crippen MR) is 82.5 cm³/mol. The molecule has 20 heavy (non-hydrogen) atoms. The Morgan fingerprint density at radius 3 is 2.65 bits per heavy atom. The molecule has 4 heteroatoms.